The summed E-state index contributed by atoms with van der Waals surface area (Å²) in [5.41, 5.74) is 3.52. The zero-order valence-electron chi connectivity index (χ0n) is 12.2. The Hall–Kier alpha value is -0.240. The van der Waals surface area contributed by atoms with Crippen LogP contribution in [0.4, 0.5) is 0 Å². The standard InChI is InChI=1S/C17H22ClN.ClH/c1-19(2)17-9-12-7-16(18,11-17)8-13(10-17)15-6-4-3-5-14(12)15;/h3-6,12-13H,7-11H2,1-2H3;1H. The SMILES string of the molecule is CN(C)C12CC3CC(Cl)(CC(C1)c1ccccc13)C2.Cl. The van der Waals surface area contributed by atoms with Crippen molar-refractivity contribution in [2.45, 2.75) is 54.4 Å². The fourth-order valence-electron chi connectivity index (χ4n) is 5.21. The van der Waals surface area contributed by atoms with Gasteiger partial charge in [-0.25, -0.2) is 0 Å². The average molecular weight is 312 g/mol. The third-order valence-corrected chi connectivity index (χ3v) is 6.39. The first-order valence-electron chi connectivity index (χ1n) is 7.47. The van der Waals surface area contributed by atoms with Crippen molar-refractivity contribution < 1.29 is 0 Å². The molecule has 0 N–H and O–H groups in total. The van der Waals surface area contributed by atoms with Crippen LogP contribution < -0.4 is 0 Å². The van der Waals surface area contributed by atoms with Gasteiger partial charge in [0.05, 0.1) is 0 Å². The predicted octanol–water partition coefficient (Wildman–Crippen LogP) is 4.54. The van der Waals surface area contributed by atoms with Gasteiger partial charge in [0.25, 0.3) is 0 Å². The molecule has 4 aliphatic rings. The maximum absolute atomic E-state index is 7.03. The highest BCUT2D eigenvalue weighted by Gasteiger charge is 2.57. The Bertz CT molecular complexity index is 490. The van der Waals surface area contributed by atoms with Crippen molar-refractivity contribution in [3.05, 3.63) is 35.4 Å². The molecule has 2 fully saturated rings. The van der Waals surface area contributed by atoms with Crippen molar-refractivity contribution in [1.82, 2.24) is 4.90 Å². The Morgan fingerprint density at radius 1 is 1.00 bits per heavy atom. The molecule has 4 bridgehead atoms. The van der Waals surface area contributed by atoms with Crippen LogP contribution in [0.2, 0.25) is 0 Å². The number of hydrogen-bond acceptors (Lipinski definition) is 1. The lowest BCUT2D eigenvalue weighted by atomic mass is 9.61. The third kappa shape index (κ3) is 1.94. The topological polar surface area (TPSA) is 3.24 Å². The summed E-state index contributed by atoms with van der Waals surface area (Å²) in [6.07, 6.45) is 6.12. The minimum atomic E-state index is 0. The molecule has 20 heavy (non-hydrogen) atoms. The van der Waals surface area contributed by atoms with Crippen molar-refractivity contribution in [3.8, 4) is 0 Å². The Labute approximate surface area is 133 Å². The molecule has 1 nitrogen and oxygen atoms in total. The normalized spacial score (nSPS) is 41.2. The van der Waals surface area contributed by atoms with Crippen LogP contribution in [-0.2, 0) is 0 Å². The second kappa shape index (κ2) is 4.63. The number of halogens is 2. The van der Waals surface area contributed by atoms with Crippen LogP contribution in [0.25, 0.3) is 0 Å². The zero-order valence-corrected chi connectivity index (χ0v) is 13.8. The van der Waals surface area contributed by atoms with E-state index in [1.165, 1.54) is 32.1 Å². The molecular weight excluding hydrogens is 289 g/mol. The van der Waals surface area contributed by atoms with Gasteiger partial charge in [0, 0.05) is 10.4 Å². The minimum Gasteiger partial charge on any atom is -0.304 e. The fraction of sp³-hybridized carbons (Fsp3) is 0.647. The molecule has 0 radical (unpaired) electrons. The highest BCUT2D eigenvalue weighted by atomic mass is 35.5. The summed E-state index contributed by atoms with van der Waals surface area (Å²) in [6, 6.07) is 9.11. The minimum absolute atomic E-state index is 0. The van der Waals surface area contributed by atoms with E-state index in [1.54, 1.807) is 11.1 Å². The van der Waals surface area contributed by atoms with Crippen molar-refractivity contribution in [1.29, 1.82) is 0 Å². The Morgan fingerprint density at radius 2 is 1.50 bits per heavy atom. The lowest BCUT2D eigenvalue weighted by molar-refractivity contribution is 0.0282. The fourth-order valence-corrected chi connectivity index (χ4v) is 5.83. The van der Waals surface area contributed by atoms with Gasteiger partial charge in [0.1, 0.15) is 0 Å². The van der Waals surface area contributed by atoms with E-state index in [0.29, 0.717) is 17.4 Å². The molecule has 1 aromatic carbocycles. The maximum atomic E-state index is 7.03. The second-order valence-electron chi connectivity index (χ2n) is 7.29. The molecule has 0 aromatic heterocycles. The van der Waals surface area contributed by atoms with Crippen LogP contribution in [-0.4, -0.2) is 29.4 Å². The van der Waals surface area contributed by atoms with Crippen LogP contribution in [0.1, 0.15) is 55.1 Å². The highest BCUT2D eigenvalue weighted by Crippen LogP contribution is 2.62. The summed E-state index contributed by atoms with van der Waals surface area (Å²) >= 11 is 7.03. The van der Waals surface area contributed by atoms with E-state index in [-0.39, 0.29) is 17.3 Å². The molecule has 2 saturated carbocycles. The first-order valence-corrected chi connectivity index (χ1v) is 7.84. The smallest absolute Gasteiger partial charge is 0.0476 e. The number of alkyl halides is 1. The molecule has 110 valence electrons. The highest BCUT2D eigenvalue weighted by molar-refractivity contribution is 6.24. The van der Waals surface area contributed by atoms with E-state index in [0.717, 1.165) is 0 Å². The van der Waals surface area contributed by atoms with Crippen LogP contribution in [0, 0.1) is 0 Å². The van der Waals surface area contributed by atoms with E-state index >= 15 is 0 Å². The first-order chi connectivity index (χ1) is 9.01. The van der Waals surface area contributed by atoms with Crippen LogP contribution >= 0.6 is 24.0 Å². The van der Waals surface area contributed by atoms with Gasteiger partial charge < -0.3 is 4.90 Å². The van der Waals surface area contributed by atoms with Gasteiger partial charge >= 0.3 is 0 Å². The van der Waals surface area contributed by atoms with Gasteiger partial charge in [-0.1, -0.05) is 24.3 Å². The zero-order chi connectivity index (χ0) is 13.3. The largest absolute Gasteiger partial charge is 0.304 e. The molecule has 0 spiro atoms. The van der Waals surface area contributed by atoms with Crippen molar-refractivity contribution in [2.24, 2.45) is 0 Å². The van der Waals surface area contributed by atoms with E-state index < -0.39 is 0 Å². The molecule has 5 rings (SSSR count). The van der Waals surface area contributed by atoms with Crippen LogP contribution in [0.15, 0.2) is 24.3 Å². The number of nitrogens with zero attached hydrogens (tertiary/aromatic N) is 1. The number of hydrogen-bond donors (Lipinski definition) is 0. The van der Waals surface area contributed by atoms with Crippen molar-refractivity contribution >= 4 is 24.0 Å². The maximum Gasteiger partial charge on any atom is 0.0476 e. The summed E-state index contributed by atoms with van der Waals surface area (Å²) in [6.45, 7) is 0. The quantitative estimate of drug-likeness (QED) is 0.688. The lowest BCUT2D eigenvalue weighted by Gasteiger charge is -2.55. The summed E-state index contributed by atoms with van der Waals surface area (Å²) < 4.78 is 0. The van der Waals surface area contributed by atoms with Gasteiger partial charge in [-0.3, -0.25) is 0 Å². The molecule has 0 aliphatic heterocycles. The lowest BCUT2D eigenvalue weighted by Crippen LogP contribution is -2.56. The molecule has 2 atom stereocenters. The molecule has 2 unspecified atom stereocenters. The molecule has 1 aromatic rings. The molecule has 4 aliphatic carbocycles. The van der Waals surface area contributed by atoms with Gasteiger partial charge in [0.15, 0.2) is 0 Å². The average Bonchev–Trinajstić information content (AvgIpc) is 2.50. The van der Waals surface area contributed by atoms with E-state index in [2.05, 4.69) is 43.3 Å². The van der Waals surface area contributed by atoms with Crippen LogP contribution in [0.3, 0.4) is 0 Å². The summed E-state index contributed by atoms with van der Waals surface area (Å²) in [7, 11) is 4.50. The van der Waals surface area contributed by atoms with Gasteiger partial charge in [-0.15, -0.1) is 24.0 Å². The molecule has 0 heterocycles. The Balaban J connectivity index is 0.00000121. The summed E-state index contributed by atoms with van der Waals surface area (Å²) in [5.74, 6) is 1.33. The Kier molecular flexibility index (Phi) is 3.40. The first kappa shape index (κ1) is 14.7. The number of benzene rings is 1. The van der Waals surface area contributed by atoms with E-state index in [1.807, 2.05) is 0 Å². The van der Waals surface area contributed by atoms with Gasteiger partial charge in [-0.2, -0.15) is 0 Å². The monoisotopic (exact) mass is 311 g/mol. The van der Waals surface area contributed by atoms with Gasteiger partial charge in [0.2, 0.25) is 0 Å². The van der Waals surface area contributed by atoms with Gasteiger partial charge in [-0.05, 0) is 69.2 Å². The molecular formula is C17H23Cl2N. The van der Waals surface area contributed by atoms with Crippen LogP contribution in [0.5, 0.6) is 0 Å². The summed E-state index contributed by atoms with van der Waals surface area (Å²) in [5, 5.41) is 0. The molecule has 3 heteroatoms. The third-order valence-electron chi connectivity index (χ3n) is 5.95. The number of rotatable bonds is 1. The Morgan fingerprint density at radius 3 is 1.95 bits per heavy atom. The second-order valence-corrected chi connectivity index (χ2v) is 8.09. The molecule has 0 amide bonds. The van der Waals surface area contributed by atoms with E-state index in [4.69, 9.17) is 11.6 Å². The van der Waals surface area contributed by atoms with E-state index in [9.17, 15) is 0 Å². The summed E-state index contributed by atoms with van der Waals surface area (Å²) in [4.78, 5) is 2.50. The predicted molar refractivity (Wildman–Crippen MR) is 87.3 cm³/mol. The van der Waals surface area contributed by atoms with Crippen molar-refractivity contribution in [3.63, 3.8) is 0 Å². The van der Waals surface area contributed by atoms with Crippen molar-refractivity contribution in [2.75, 3.05) is 14.1 Å². The molecule has 0 saturated heterocycles.